The lowest BCUT2D eigenvalue weighted by molar-refractivity contribution is 0.0944. The van der Waals surface area contributed by atoms with Gasteiger partial charge in [-0.1, -0.05) is 12.1 Å². The number of halogens is 2. The van der Waals surface area contributed by atoms with Crippen LogP contribution in [0.2, 0.25) is 0 Å². The summed E-state index contributed by atoms with van der Waals surface area (Å²) in [6, 6.07) is 10.2. The van der Waals surface area contributed by atoms with E-state index in [0.717, 1.165) is 12.1 Å². The number of para-hydroxylation sites is 2. The van der Waals surface area contributed by atoms with Crippen molar-refractivity contribution in [1.29, 1.82) is 5.26 Å². The Balaban J connectivity index is 1.74. The van der Waals surface area contributed by atoms with Crippen LogP contribution in [0.5, 0.6) is 0 Å². The van der Waals surface area contributed by atoms with E-state index < -0.39 is 23.1 Å². The van der Waals surface area contributed by atoms with Crippen molar-refractivity contribution < 1.29 is 13.6 Å². The Bertz CT molecular complexity index is 1040. The molecule has 6 nitrogen and oxygen atoms in total. The Hall–Kier alpha value is -3.47. The van der Waals surface area contributed by atoms with E-state index in [1.165, 1.54) is 4.57 Å². The Morgan fingerprint density at radius 1 is 1.24 bits per heavy atom. The standard InChI is InChI=1S/C17H12F2N4O2/c18-11-7-10(9-20)8-12(19)15(11)16(24)21-5-6-23-14-4-2-1-3-13(14)22-17(23)25/h1-4,7-8H,5-6H2,(H,21,24)(H,22,25). The number of amides is 1. The summed E-state index contributed by atoms with van der Waals surface area (Å²) < 4.78 is 29.0. The first kappa shape index (κ1) is 16.4. The van der Waals surface area contributed by atoms with Gasteiger partial charge in [0.2, 0.25) is 0 Å². The molecule has 8 heteroatoms. The monoisotopic (exact) mass is 342 g/mol. The van der Waals surface area contributed by atoms with Crippen LogP contribution >= 0.6 is 0 Å². The van der Waals surface area contributed by atoms with E-state index in [-0.39, 0.29) is 24.3 Å². The first-order valence-corrected chi connectivity index (χ1v) is 7.36. The minimum absolute atomic E-state index is 0.000527. The molecular weight excluding hydrogens is 330 g/mol. The van der Waals surface area contributed by atoms with Crippen LogP contribution in [0.4, 0.5) is 8.78 Å². The number of carbonyl (C=O) groups excluding carboxylic acids is 1. The van der Waals surface area contributed by atoms with Crippen LogP contribution < -0.4 is 11.0 Å². The molecule has 3 aromatic rings. The van der Waals surface area contributed by atoms with E-state index in [1.54, 1.807) is 30.3 Å². The third-order valence-electron chi connectivity index (χ3n) is 3.70. The highest BCUT2D eigenvalue weighted by Crippen LogP contribution is 2.15. The Morgan fingerprint density at radius 2 is 1.92 bits per heavy atom. The van der Waals surface area contributed by atoms with Crippen LogP contribution in [0.1, 0.15) is 15.9 Å². The second-order valence-corrected chi connectivity index (χ2v) is 5.28. The molecule has 0 unspecified atom stereocenters. The molecular formula is C17H12F2N4O2. The van der Waals surface area contributed by atoms with Crippen LogP contribution in [0.15, 0.2) is 41.2 Å². The van der Waals surface area contributed by atoms with Gasteiger partial charge in [-0.25, -0.2) is 13.6 Å². The number of hydrogen-bond donors (Lipinski definition) is 2. The van der Waals surface area contributed by atoms with Crippen LogP contribution in [-0.4, -0.2) is 22.0 Å². The molecule has 2 N–H and O–H groups in total. The number of H-pyrrole nitrogens is 1. The third kappa shape index (κ3) is 3.12. The number of nitriles is 1. The predicted octanol–water partition coefficient (Wildman–Crippen LogP) is 1.91. The summed E-state index contributed by atoms with van der Waals surface area (Å²) in [5.74, 6) is -3.18. The third-order valence-corrected chi connectivity index (χ3v) is 3.70. The number of nitrogens with zero attached hydrogens (tertiary/aromatic N) is 2. The maximum absolute atomic E-state index is 13.8. The number of hydrogen-bond acceptors (Lipinski definition) is 3. The normalized spacial score (nSPS) is 10.6. The van der Waals surface area contributed by atoms with E-state index in [9.17, 15) is 18.4 Å². The molecule has 2 aromatic carbocycles. The zero-order chi connectivity index (χ0) is 18.0. The number of aromatic nitrogens is 2. The number of imidazole rings is 1. The molecule has 1 heterocycles. The maximum Gasteiger partial charge on any atom is 0.326 e. The lowest BCUT2D eigenvalue weighted by Gasteiger charge is -2.08. The molecule has 0 radical (unpaired) electrons. The molecule has 0 fully saturated rings. The summed E-state index contributed by atoms with van der Waals surface area (Å²) in [7, 11) is 0. The molecule has 126 valence electrons. The molecule has 0 aliphatic carbocycles. The minimum atomic E-state index is -1.11. The van der Waals surface area contributed by atoms with Crippen molar-refractivity contribution in [1.82, 2.24) is 14.9 Å². The summed E-state index contributed by atoms with van der Waals surface area (Å²) in [6.45, 7) is 0.133. The van der Waals surface area contributed by atoms with Gasteiger partial charge in [0.15, 0.2) is 0 Å². The van der Waals surface area contributed by atoms with Crippen molar-refractivity contribution in [3.05, 3.63) is 69.6 Å². The van der Waals surface area contributed by atoms with Crippen molar-refractivity contribution >= 4 is 16.9 Å². The topological polar surface area (TPSA) is 90.7 Å². The van der Waals surface area contributed by atoms with E-state index >= 15 is 0 Å². The predicted molar refractivity (Wildman–Crippen MR) is 86.0 cm³/mol. The maximum atomic E-state index is 13.8. The van der Waals surface area contributed by atoms with Gasteiger partial charge in [-0.05, 0) is 24.3 Å². The Morgan fingerprint density at radius 3 is 2.60 bits per heavy atom. The fraction of sp³-hybridized carbons (Fsp3) is 0.118. The summed E-state index contributed by atoms with van der Waals surface area (Å²) in [5.41, 5.74) is 0.00819. The van der Waals surface area contributed by atoms with E-state index in [2.05, 4.69) is 10.3 Å². The largest absolute Gasteiger partial charge is 0.350 e. The Kier molecular flexibility index (Phi) is 4.31. The highest BCUT2D eigenvalue weighted by atomic mass is 19.1. The number of nitrogens with one attached hydrogen (secondary N) is 2. The number of rotatable bonds is 4. The molecule has 3 rings (SSSR count). The molecule has 0 aliphatic heterocycles. The SMILES string of the molecule is N#Cc1cc(F)c(C(=O)NCCn2c(=O)[nH]c3ccccc32)c(F)c1. The summed E-state index contributed by atoms with van der Waals surface area (Å²) in [4.78, 5) is 26.6. The van der Waals surface area contributed by atoms with Crippen molar-refractivity contribution in [2.75, 3.05) is 6.54 Å². The first-order valence-electron chi connectivity index (χ1n) is 7.36. The lowest BCUT2D eigenvalue weighted by Crippen LogP contribution is -2.31. The van der Waals surface area contributed by atoms with E-state index in [0.29, 0.717) is 11.0 Å². The molecule has 0 spiro atoms. The molecule has 0 atom stereocenters. The van der Waals surface area contributed by atoms with Crippen LogP contribution in [0, 0.1) is 23.0 Å². The fourth-order valence-corrected chi connectivity index (χ4v) is 2.55. The smallest absolute Gasteiger partial charge is 0.326 e. The van der Waals surface area contributed by atoms with Gasteiger partial charge in [-0.3, -0.25) is 9.36 Å². The van der Waals surface area contributed by atoms with Crippen LogP contribution in [-0.2, 0) is 6.54 Å². The van der Waals surface area contributed by atoms with Gasteiger partial charge in [0.05, 0.1) is 22.7 Å². The summed E-state index contributed by atoms with van der Waals surface area (Å²) in [6.07, 6.45) is 0. The average Bonchev–Trinajstić information content (AvgIpc) is 2.90. The number of fused-ring (bicyclic) bond motifs is 1. The van der Waals surface area contributed by atoms with Crippen molar-refractivity contribution in [2.24, 2.45) is 0 Å². The van der Waals surface area contributed by atoms with Gasteiger partial charge >= 0.3 is 5.69 Å². The van der Waals surface area contributed by atoms with Gasteiger partial charge in [0.1, 0.15) is 17.2 Å². The quantitative estimate of drug-likeness (QED) is 0.759. The minimum Gasteiger partial charge on any atom is -0.350 e. The average molecular weight is 342 g/mol. The van der Waals surface area contributed by atoms with Gasteiger partial charge in [0.25, 0.3) is 5.91 Å². The molecule has 25 heavy (non-hydrogen) atoms. The van der Waals surface area contributed by atoms with Gasteiger partial charge in [0, 0.05) is 13.1 Å². The van der Waals surface area contributed by atoms with E-state index in [1.807, 2.05) is 0 Å². The fourth-order valence-electron chi connectivity index (χ4n) is 2.55. The number of aromatic amines is 1. The first-order chi connectivity index (χ1) is 12.0. The second kappa shape index (κ2) is 6.57. The Labute approximate surface area is 140 Å². The molecule has 0 bridgehead atoms. The van der Waals surface area contributed by atoms with Crippen molar-refractivity contribution in [3.63, 3.8) is 0 Å². The van der Waals surface area contributed by atoms with Crippen molar-refractivity contribution in [2.45, 2.75) is 6.54 Å². The van der Waals surface area contributed by atoms with Crippen LogP contribution in [0.3, 0.4) is 0 Å². The zero-order valence-electron chi connectivity index (χ0n) is 12.8. The van der Waals surface area contributed by atoms with E-state index in [4.69, 9.17) is 5.26 Å². The summed E-state index contributed by atoms with van der Waals surface area (Å²) >= 11 is 0. The molecule has 0 saturated heterocycles. The van der Waals surface area contributed by atoms with Crippen LogP contribution in [0.25, 0.3) is 11.0 Å². The molecule has 0 saturated carbocycles. The zero-order valence-corrected chi connectivity index (χ0v) is 12.8. The highest BCUT2D eigenvalue weighted by Gasteiger charge is 2.18. The lowest BCUT2D eigenvalue weighted by atomic mass is 10.1. The van der Waals surface area contributed by atoms with Gasteiger partial charge < -0.3 is 10.3 Å². The number of benzene rings is 2. The number of carbonyl (C=O) groups is 1. The van der Waals surface area contributed by atoms with Gasteiger partial charge in [-0.15, -0.1) is 0 Å². The molecule has 1 aromatic heterocycles. The molecule has 0 aliphatic rings. The molecule has 1 amide bonds. The van der Waals surface area contributed by atoms with Crippen molar-refractivity contribution in [3.8, 4) is 6.07 Å². The van der Waals surface area contributed by atoms with Gasteiger partial charge in [-0.2, -0.15) is 5.26 Å². The summed E-state index contributed by atoms with van der Waals surface area (Å²) in [5, 5.41) is 11.0. The second-order valence-electron chi connectivity index (χ2n) is 5.28. The highest BCUT2D eigenvalue weighted by molar-refractivity contribution is 5.94.